The van der Waals surface area contributed by atoms with E-state index in [2.05, 4.69) is 19.7 Å². The quantitative estimate of drug-likeness (QED) is 0.719. The molecule has 7 nitrogen and oxygen atoms in total. The van der Waals surface area contributed by atoms with Gasteiger partial charge in [0, 0.05) is 18.1 Å². The van der Waals surface area contributed by atoms with E-state index in [1.54, 1.807) is 30.5 Å². The van der Waals surface area contributed by atoms with Crippen LogP contribution >= 0.6 is 11.3 Å². The van der Waals surface area contributed by atoms with Crippen LogP contribution in [0.1, 0.15) is 5.56 Å². The molecular weight excluding hydrogens is 324 g/mol. The Balaban J connectivity index is 1.62. The van der Waals surface area contributed by atoms with Crippen LogP contribution in [0.15, 0.2) is 53.4 Å². The van der Waals surface area contributed by atoms with Crippen LogP contribution in [-0.4, -0.2) is 23.4 Å². The minimum absolute atomic E-state index is 0.0382. The van der Waals surface area contributed by atoms with Gasteiger partial charge in [0.15, 0.2) is 5.03 Å². The van der Waals surface area contributed by atoms with E-state index in [1.165, 1.54) is 23.9 Å². The number of thiazole rings is 1. The van der Waals surface area contributed by atoms with Gasteiger partial charge in [0.05, 0.1) is 12.5 Å². The predicted molar refractivity (Wildman–Crippen MR) is 81.2 cm³/mol. The van der Waals surface area contributed by atoms with E-state index in [-0.39, 0.29) is 11.6 Å². The Morgan fingerprint density at radius 2 is 2.09 bits per heavy atom. The molecule has 0 bridgehead atoms. The highest BCUT2D eigenvalue weighted by Crippen LogP contribution is 2.23. The number of nitrogens with one attached hydrogen (secondary N) is 2. The first kappa shape index (κ1) is 14.7. The van der Waals surface area contributed by atoms with Crippen molar-refractivity contribution >= 4 is 21.4 Å². The average molecular weight is 336 g/mol. The monoisotopic (exact) mass is 336 g/mol. The Labute approximate surface area is 131 Å². The minimum Gasteiger partial charge on any atom is -0.431 e. The molecule has 0 spiro atoms. The molecule has 0 atom stereocenters. The summed E-state index contributed by atoms with van der Waals surface area (Å²) in [5.74, 6) is 0.648. The number of aromatic nitrogens is 3. The average Bonchev–Trinajstić information content (AvgIpc) is 3.20. The molecule has 1 aromatic carbocycles. The lowest BCUT2D eigenvalue weighted by Gasteiger charge is -2.06. The molecule has 0 radical (unpaired) electrons. The molecule has 3 rings (SSSR count). The molecule has 2 aromatic heterocycles. The number of aromatic amines is 1. The second-order valence-corrected chi connectivity index (χ2v) is 6.88. The molecule has 0 unspecified atom stereocenters. The number of nitrogens with zero attached hydrogens (tertiary/aromatic N) is 2. The molecule has 0 aliphatic heterocycles. The Kier molecular flexibility index (Phi) is 4.18. The molecule has 0 saturated heterocycles. The highest BCUT2D eigenvalue weighted by atomic mass is 32.2. The van der Waals surface area contributed by atoms with Gasteiger partial charge in [-0.15, -0.1) is 0 Å². The fourth-order valence-corrected chi connectivity index (χ4v) is 3.11. The first-order valence-corrected chi connectivity index (χ1v) is 8.64. The van der Waals surface area contributed by atoms with Gasteiger partial charge in [0.2, 0.25) is 0 Å². The Bertz CT molecular complexity index is 813. The van der Waals surface area contributed by atoms with E-state index < -0.39 is 10.0 Å². The van der Waals surface area contributed by atoms with Crippen molar-refractivity contribution in [1.29, 1.82) is 0 Å². The second-order valence-electron chi connectivity index (χ2n) is 4.28. The van der Waals surface area contributed by atoms with E-state index in [9.17, 15) is 8.42 Å². The maximum atomic E-state index is 11.9. The van der Waals surface area contributed by atoms with Crippen molar-refractivity contribution in [3.05, 3.63) is 53.9 Å². The molecule has 2 heterocycles. The molecule has 0 fully saturated rings. The fraction of sp³-hybridized carbons (Fsp3) is 0.0769. The minimum atomic E-state index is -3.57. The lowest BCUT2D eigenvalue weighted by atomic mass is 10.2. The van der Waals surface area contributed by atoms with Gasteiger partial charge in [-0.1, -0.05) is 23.5 Å². The predicted octanol–water partition coefficient (Wildman–Crippen LogP) is 2.14. The van der Waals surface area contributed by atoms with Crippen LogP contribution in [-0.2, 0) is 16.6 Å². The Hall–Kier alpha value is -2.23. The second kappa shape index (κ2) is 6.26. The number of ether oxygens (including phenoxy) is 1. The Morgan fingerprint density at radius 1 is 1.27 bits per heavy atom. The molecule has 114 valence electrons. The molecular formula is C13H12N4O3S2. The maximum absolute atomic E-state index is 11.9. The van der Waals surface area contributed by atoms with Gasteiger partial charge >= 0.3 is 0 Å². The van der Waals surface area contributed by atoms with Crippen molar-refractivity contribution in [1.82, 2.24) is 19.7 Å². The maximum Gasteiger partial charge on any atom is 0.278 e. The lowest BCUT2D eigenvalue weighted by molar-refractivity contribution is 0.478. The summed E-state index contributed by atoms with van der Waals surface area (Å²) in [6.07, 6.45) is 4.24. The Morgan fingerprint density at radius 3 is 2.73 bits per heavy atom. The summed E-state index contributed by atoms with van der Waals surface area (Å²) in [6, 6.07) is 7.11. The molecule has 0 aliphatic carbocycles. The normalized spacial score (nSPS) is 11.5. The van der Waals surface area contributed by atoms with Crippen LogP contribution in [0.3, 0.4) is 0 Å². The highest BCUT2D eigenvalue weighted by Gasteiger charge is 2.14. The molecule has 0 saturated carbocycles. The van der Waals surface area contributed by atoms with Gasteiger partial charge < -0.3 is 9.72 Å². The summed E-state index contributed by atoms with van der Waals surface area (Å²) in [7, 11) is -3.57. The number of imidazole rings is 1. The standard InChI is InChI=1S/C13H12N4O3S2/c18-22(19,12-8-14-9-16-12)17-7-10-1-3-11(4-2-10)20-13-15-5-6-21-13/h1-6,8-9,17H,7H2,(H,14,16). The van der Waals surface area contributed by atoms with Crippen LogP contribution in [0.5, 0.6) is 10.9 Å². The van der Waals surface area contributed by atoms with Crippen LogP contribution in [0, 0.1) is 0 Å². The number of benzene rings is 1. The van der Waals surface area contributed by atoms with Crippen LogP contribution in [0.25, 0.3) is 0 Å². The van der Waals surface area contributed by atoms with E-state index in [4.69, 9.17) is 4.74 Å². The smallest absolute Gasteiger partial charge is 0.278 e. The summed E-state index contributed by atoms with van der Waals surface area (Å²) in [6.45, 7) is 0.179. The summed E-state index contributed by atoms with van der Waals surface area (Å²) in [5.41, 5.74) is 0.814. The lowest BCUT2D eigenvalue weighted by Crippen LogP contribution is -2.23. The molecule has 2 N–H and O–H groups in total. The SMILES string of the molecule is O=S(=O)(NCc1ccc(Oc2nccs2)cc1)c1cnc[nH]1. The highest BCUT2D eigenvalue weighted by molar-refractivity contribution is 7.89. The summed E-state index contributed by atoms with van der Waals surface area (Å²) in [5, 5.41) is 2.43. The fourth-order valence-electron chi connectivity index (χ4n) is 1.68. The third-order valence-corrected chi connectivity index (χ3v) is 4.74. The molecule has 0 aliphatic rings. The van der Waals surface area contributed by atoms with E-state index in [0.29, 0.717) is 10.9 Å². The van der Waals surface area contributed by atoms with Crippen molar-refractivity contribution in [2.24, 2.45) is 0 Å². The van der Waals surface area contributed by atoms with E-state index >= 15 is 0 Å². The van der Waals surface area contributed by atoms with Gasteiger partial charge in [-0.05, 0) is 17.7 Å². The largest absolute Gasteiger partial charge is 0.431 e. The summed E-state index contributed by atoms with van der Waals surface area (Å²) < 4.78 is 31.9. The van der Waals surface area contributed by atoms with Gasteiger partial charge in [-0.2, -0.15) is 0 Å². The number of sulfonamides is 1. The number of H-pyrrole nitrogens is 1. The zero-order chi connectivity index (χ0) is 15.4. The first-order chi connectivity index (χ1) is 10.6. The van der Waals surface area contributed by atoms with E-state index in [0.717, 1.165) is 5.56 Å². The van der Waals surface area contributed by atoms with Crippen LogP contribution in [0.4, 0.5) is 0 Å². The van der Waals surface area contributed by atoms with Crippen LogP contribution < -0.4 is 9.46 Å². The number of rotatable bonds is 6. The topological polar surface area (TPSA) is 97.0 Å². The molecule has 9 heteroatoms. The first-order valence-electron chi connectivity index (χ1n) is 6.28. The third kappa shape index (κ3) is 3.50. The van der Waals surface area contributed by atoms with Crippen LogP contribution in [0.2, 0.25) is 0 Å². The number of hydrogen-bond donors (Lipinski definition) is 2. The number of hydrogen-bond acceptors (Lipinski definition) is 6. The van der Waals surface area contributed by atoms with Crippen molar-refractivity contribution < 1.29 is 13.2 Å². The van der Waals surface area contributed by atoms with Crippen molar-refractivity contribution in [3.8, 4) is 10.9 Å². The molecule has 22 heavy (non-hydrogen) atoms. The molecule has 0 amide bonds. The summed E-state index contributed by atoms with van der Waals surface area (Å²) >= 11 is 1.40. The van der Waals surface area contributed by atoms with Crippen molar-refractivity contribution in [2.45, 2.75) is 11.6 Å². The zero-order valence-corrected chi connectivity index (χ0v) is 12.9. The summed E-state index contributed by atoms with van der Waals surface area (Å²) in [4.78, 5) is 10.3. The molecule has 3 aromatic rings. The van der Waals surface area contributed by atoms with Gasteiger partial charge in [0.25, 0.3) is 15.2 Å². The van der Waals surface area contributed by atoms with E-state index in [1.807, 2.05) is 5.38 Å². The van der Waals surface area contributed by atoms with Gasteiger partial charge in [-0.3, -0.25) is 0 Å². The van der Waals surface area contributed by atoms with Gasteiger partial charge in [-0.25, -0.2) is 23.1 Å². The third-order valence-electron chi connectivity index (χ3n) is 2.77. The van der Waals surface area contributed by atoms with Crippen molar-refractivity contribution in [2.75, 3.05) is 0 Å². The van der Waals surface area contributed by atoms with Gasteiger partial charge in [0.1, 0.15) is 5.75 Å². The zero-order valence-electron chi connectivity index (χ0n) is 11.3. The van der Waals surface area contributed by atoms with Crippen molar-refractivity contribution in [3.63, 3.8) is 0 Å².